The van der Waals surface area contributed by atoms with Crippen LogP contribution in [0.15, 0.2) is 53.4 Å². The molecule has 0 saturated heterocycles. The summed E-state index contributed by atoms with van der Waals surface area (Å²) >= 11 is 0. The fourth-order valence-corrected chi connectivity index (χ4v) is 3.22. The number of rotatable bonds is 7. The molecule has 2 aromatic rings. The van der Waals surface area contributed by atoms with Gasteiger partial charge in [0, 0.05) is 12.1 Å². The molecular weight excluding hydrogens is 442 g/mol. The van der Waals surface area contributed by atoms with Gasteiger partial charge in [0.2, 0.25) is 10.0 Å². The number of sulfonamides is 1. The molecule has 0 atom stereocenters. The van der Waals surface area contributed by atoms with Crippen molar-refractivity contribution >= 4 is 15.9 Å². The maximum absolute atomic E-state index is 12.2. The van der Waals surface area contributed by atoms with Gasteiger partial charge in [-0.2, -0.15) is 13.2 Å². The fourth-order valence-electron chi connectivity index (χ4n) is 2.16. The molecule has 2 N–H and O–H groups in total. The third-order valence-corrected chi connectivity index (χ3v) is 4.88. The Morgan fingerprint density at radius 1 is 0.967 bits per heavy atom. The lowest BCUT2D eigenvalue weighted by Gasteiger charge is -2.11. The minimum Gasteiger partial charge on any atom is -0.406 e. The monoisotopic (exact) mass is 456 g/mol. The Labute approximate surface area is 166 Å². The summed E-state index contributed by atoms with van der Waals surface area (Å²) in [6, 6.07) is 9.01. The summed E-state index contributed by atoms with van der Waals surface area (Å²) < 4.78 is 102. The van der Waals surface area contributed by atoms with Gasteiger partial charge in [-0.1, -0.05) is 18.2 Å². The SMILES string of the molecule is O=C(NCc1ccc(OC(F)(F)F)cc1)c1cccc(S(=O)(=O)NCC(F)(F)F)c1. The van der Waals surface area contributed by atoms with E-state index in [1.54, 1.807) is 0 Å². The van der Waals surface area contributed by atoms with Gasteiger partial charge in [0.15, 0.2) is 0 Å². The number of hydrogen-bond donors (Lipinski definition) is 2. The third-order valence-electron chi connectivity index (χ3n) is 3.48. The maximum atomic E-state index is 12.2. The summed E-state index contributed by atoms with van der Waals surface area (Å²) in [6.45, 7) is -1.87. The molecule has 2 aromatic carbocycles. The van der Waals surface area contributed by atoms with Gasteiger partial charge in [0.25, 0.3) is 5.91 Å². The Morgan fingerprint density at radius 3 is 2.17 bits per heavy atom. The third kappa shape index (κ3) is 7.55. The molecule has 0 heterocycles. The van der Waals surface area contributed by atoms with Gasteiger partial charge in [-0.25, -0.2) is 13.1 Å². The van der Waals surface area contributed by atoms with Crippen molar-refractivity contribution in [3.63, 3.8) is 0 Å². The van der Waals surface area contributed by atoms with E-state index in [4.69, 9.17) is 0 Å². The Bertz CT molecular complexity index is 989. The number of carbonyl (C=O) groups excluding carboxylic acids is 1. The smallest absolute Gasteiger partial charge is 0.406 e. The van der Waals surface area contributed by atoms with Crippen LogP contribution in [0.3, 0.4) is 0 Å². The van der Waals surface area contributed by atoms with Gasteiger partial charge in [-0.15, -0.1) is 13.2 Å². The summed E-state index contributed by atoms with van der Waals surface area (Å²) in [7, 11) is -4.49. The molecule has 30 heavy (non-hydrogen) atoms. The van der Waals surface area contributed by atoms with E-state index in [9.17, 15) is 39.6 Å². The van der Waals surface area contributed by atoms with Gasteiger partial charge in [0.05, 0.1) is 4.90 Å². The van der Waals surface area contributed by atoms with Crippen molar-refractivity contribution in [3.8, 4) is 5.75 Å². The summed E-state index contributed by atoms with van der Waals surface area (Å²) in [5.41, 5.74) is 0.287. The highest BCUT2D eigenvalue weighted by Gasteiger charge is 2.31. The minimum atomic E-state index is -4.84. The van der Waals surface area contributed by atoms with E-state index < -0.39 is 45.7 Å². The number of halogens is 6. The summed E-state index contributed by atoms with van der Waals surface area (Å²) in [5, 5.41) is 2.42. The molecule has 0 aliphatic rings. The highest BCUT2D eigenvalue weighted by atomic mass is 32.2. The van der Waals surface area contributed by atoms with Crippen LogP contribution in [0, 0.1) is 0 Å². The number of amides is 1. The zero-order valence-electron chi connectivity index (χ0n) is 14.8. The quantitative estimate of drug-likeness (QED) is 0.626. The standard InChI is InChI=1S/C17H14F6N2O4S/c18-16(19,20)10-25-30(27,28)14-3-1-2-12(8-14)15(26)24-9-11-4-6-13(7-5-11)29-17(21,22)23/h1-8,25H,9-10H2,(H,24,26). The summed E-state index contributed by atoms with van der Waals surface area (Å²) in [6.07, 6.45) is -9.58. The van der Waals surface area contributed by atoms with E-state index in [0.29, 0.717) is 5.56 Å². The first kappa shape index (κ1) is 23.5. The molecule has 164 valence electrons. The van der Waals surface area contributed by atoms with E-state index in [2.05, 4.69) is 10.1 Å². The van der Waals surface area contributed by atoms with Crippen molar-refractivity contribution < 1.29 is 44.3 Å². The average Bonchev–Trinajstić information content (AvgIpc) is 2.64. The van der Waals surface area contributed by atoms with Crippen LogP contribution in [0.1, 0.15) is 15.9 Å². The van der Waals surface area contributed by atoms with Crippen molar-refractivity contribution in [2.75, 3.05) is 6.54 Å². The predicted molar refractivity (Wildman–Crippen MR) is 92.0 cm³/mol. The largest absolute Gasteiger partial charge is 0.573 e. The van der Waals surface area contributed by atoms with Crippen molar-refractivity contribution in [1.82, 2.24) is 10.0 Å². The second-order valence-electron chi connectivity index (χ2n) is 5.84. The molecule has 0 radical (unpaired) electrons. The Morgan fingerprint density at radius 2 is 1.60 bits per heavy atom. The van der Waals surface area contributed by atoms with Crippen LogP contribution in [0.2, 0.25) is 0 Å². The summed E-state index contributed by atoms with van der Waals surface area (Å²) in [5.74, 6) is -1.18. The number of nitrogens with one attached hydrogen (secondary N) is 2. The molecule has 6 nitrogen and oxygen atoms in total. The molecule has 13 heteroatoms. The average molecular weight is 456 g/mol. The van der Waals surface area contributed by atoms with Crippen molar-refractivity contribution in [2.45, 2.75) is 24.0 Å². The Kier molecular flexibility index (Phi) is 6.98. The second kappa shape index (κ2) is 8.92. The summed E-state index contributed by atoms with van der Waals surface area (Å²) in [4.78, 5) is 11.7. The minimum absolute atomic E-state index is 0.103. The number of benzene rings is 2. The van der Waals surface area contributed by atoms with Gasteiger partial charge >= 0.3 is 12.5 Å². The van der Waals surface area contributed by atoms with E-state index in [1.807, 2.05) is 0 Å². The van der Waals surface area contributed by atoms with Crippen molar-refractivity contribution in [2.24, 2.45) is 0 Å². The topological polar surface area (TPSA) is 84.5 Å². The van der Waals surface area contributed by atoms with E-state index in [1.165, 1.54) is 29.0 Å². The molecular formula is C17H14F6N2O4S. The first-order valence-corrected chi connectivity index (χ1v) is 9.53. The van der Waals surface area contributed by atoms with E-state index >= 15 is 0 Å². The first-order chi connectivity index (χ1) is 13.8. The lowest BCUT2D eigenvalue weighted by molar-refractivity contribution is -0.274. The van der Waals surface area contributed by atoms with Gasteiger partial charge in [0.1, 0.15) is 12.3 Å². The maximum Gasteiger partial charge on any atom is 0.573 e. The highest BCUT2D eigenvalue weighted by molar-refractivity contribution is 7.89. The van der Waals surface area contributed by atoms with Crippen LogP contribution < -0.4 is 14.8 Å². The van der Waals surface area contributed by atoms with Crippen LogP contribution in [0.4, 0.5) is 26.3 Å². The van der Waals surface area contributed by atoms with Gasteiger partial charge in [-0.3, -0.25) is 4.79 Å². The molecule has 1 amide bonds. The first-order valence-electron chi connectivity index (χ1n) is 8.04. The Balaban J connectivity index is 2.02. The fraction of sp³-hybridized carbons (Fsp3) is 0.235. The number of alkyl halides is 6. The van der Waals surface area contributed by atoms with Gasteiger partial charge < -0.3 is 10.1 Å². The van der Waals surface area contributed by atoms with E-state index in [-0.39, 0.29) is 12.1 Å². The normalized spacial score (nSPS) is 12.5. The lowest BCUT2D eigenvalue weighted by atomic mass is 10.2. The van der Waals surface area contributed by atoms with Crippen LogP contribution in [-0.2, 0) is 16.6 Å². The number of carbonyl (C=O) groups is 1. The van der Waals surface area contributed by atoms with Crippen LogP contribution in [-0.4, -0.2) is 33.4 Å². The molecule has 0 aliphatic carbocycles. The molecule has 0 fully saturated rings. The molecule has 0 saturated carbocycles. The van der Waals surface area contributed by atoms with Crippen molar-refractivity contribution in [1.29, 1.82) is 0 Å². The zero-order valence-corrected chi connectivity index (χ0v) is 15.7. The van der Waals surface area contributed by atoms with Crippen LogP contribution in [0.25, 0.3) is 0 Å². The molecule has 2 rings (SSSR count). The van der Waals surface area contributed by atoms with Crippen molar-refractivity contribution in [3.05, 3.63) is 59.7 Å². The van der Waals surface area contributed by atoms with Crippen LogP contribution >= 0.6 is 0 Å². The lowest BCUT2D eigenvalue weighted by Crippen LogP contribution is -2.34. The molecule has 0 unspecified atom stereocenters. The van der Waals surface area contributed by atoms with Gasteiger partial charge in [-0.05, 0) is 35.9 Å². The Hall–Kier alpha value is -2.80. The van der Waals surface area contributed by atoms with E-state index in [0.717, 1.165) is 24.3 Å². The number of ether oxygens (including phenoxy) is 1. The van der Waals surface area contributed by atoms with Crippen LogP contribution in [0.5, 0.6) is 5.75 Å². The molecule has 0 aliphatic heterocycles. The molecule has 0 spiro atoms. The second-order valence-corrected chi connectivity index (χ2v) is 7.61. The highest BCUT2D eigenvalue weighted by Crippen LogP contribution is 2.22. The zero-order chi connectivity index (χ0) is 22.6. The molecule has 0 aromatic heterocycles. The predicted octanol–water partition coefficient (Wildman–Crippen LogP) is 3.36. The number of hydrogen-bond acceptors (Lipinski definition) is 4. The molecule has 0 bridgehead atoms.